The summed E-state index contributed by atoms with van der Waals surface area (Å²) < 4.78 is -0.0262. The van der Waals surface area contributed by atoms with Crippen molar-refractivity contribution in [3.63, 3.8) is 0 Å². The third-order valence-electron chi connectivity index (χ3n) is 2.71. The molecule has 0 aromatic rings. The summed E-state index contributed by atoms with van der Waals surface area (Å²) in [5, 5.41) is 11.8. The predicted octanol–water partition coefficient (Wildman–Crippen LogP) is 3.48. The van der Waals surface area contributed by atoms with E-state index >= 15 is 0 Å². The van der Waals surface area contributed by atoms with Gasteiger partial charge < -0.3 is 9.85 Å². The minimum atomic E-state index is -0.0262. The second-order valence-electron chi connectivity index (χ2n) is 3.82. The molecule has 0 heterocycles. The topological polar surface area (TPSA) is 23.1 Å². The van der Waals surface area contributed by atoms with Crippen LogP contribution in [0.4, 0.5) is 0 Å². The minimum absolute atomic E-state index is 0.0262. The number of unbranched alkanes of at least 4 members (excludes halogenated alkanes) is 2. The van der Waals surface area contributed by atoms with Gasteiger partial charge in [-0.1, -0.05) is 25.5 Å². The molecule has 0 radical (unpaired) electrons. The third-order valence-corrected chi connectivity index (χ3v) is 2.71. The lowest BCUT2D eigenvalue weighted by Gasteiger charge is -2.41. The van der Waals surface area contributed by atoms with Gasteiger partial charge in [-0.05, 0) is 26.7 Å². The number of hydrogen-bond donors (Lipinski definition) is 0. The Bertz CT molecular complexity index is 150. The summed E-state index contributed by atoms with van der Waals surface area (Å²) in [6, 6.07) is 0. The summed E-state index contributed by atoms with van der Waals surface area (Å²) >= 11 is 0. The summed E-state index contributed by atoms with van der Waals surface area (Å²) in [5.41, 5.74) is 0. The van der Waals surface area contributed by atoms with Gasteiger partial charge >= 0.3 is 0 Å². The highest BCUT2D eigenvalue weighted by molar-refractivity contribution is 4.80. The van der Waals surface area contributed by atoms with Crippen LogP contribution in [-0.4, -0.2) is 24.3 Å². The van der Waals surface area contributed by atoms with Crippen LogP contribution in [0.1, 0.15) is 46.5 Å². The Morgan fingerprint density at radius 1 is 1.00 bits per heavy atom. The van der Waals surface area contributed by atoms with Gasteiger partial charge in [-0.25, -0.2) is 0 Å². The van der Waals surface area contributed by atoms with E-state index in [9.17, 15) is 5.21 Å². The lowest BCUT2D eigenvalue weighted by Crippen LogP contribution is -2.42. The second kappa shape index (κ2) is 8.01. The van der Waals surface area contributed by atoms with Crippen molar-refractivity contribution in [1.82, 2.24) is 0 Å². The predicted molar refractivity (Wildman–Crippen MR) is 62.9 cm³/mol. The number of hydrogen-bond acceptors (Lipinski definition) is 1. The van der Waals surface area contributed by atoms with E-state index in [-0.39, 0.29) is 4.65 Å². The van der Waals surface area contributed by atoms with Crippen LogP contribution in [0.15, 0.2) is 12.2 Å². The maximum absolute atomic E-state index is 11.8. The maximum Gasteiger partial charge on any atom is 0.0786 e. The molecule has 84 valence electrons. The van der Waals surface area contributed by atoms with Gasteiger partial charge in [0.2, 0.25) is 0 Å². The molecule has 0 amide bonds. The molecule has 0 unspecified atom stereocenters. The van der Waals surface area contributed by atoms with Crippen LogP contribution < -0.4 is 0 Å². The molecule has 0 bridgehead atoms. The molecular weight excluding hydrogens is 174 g/mol. The SMILES string of the molecule is CCC/C=C/CCC[N+]([O-])(CC)CC. The zero-order chi connectivity index (χ0) is 10.9. The van der Waals surface area contributed by atoms with E-state index in [0.29, 0.717) is 13.1 Å². The van der Waals surface area contributed by atoms with Crippen molar-refractivity contribution in [2.75, 3.05) is 19.6 Å². The van der Waals surface area contributed by atoms with Crippen molar-refractivity contribution in [2.24, 2.45) is 0 Å². The first-order chi connectivity index (χ1) is 6.68. The van der Waals surface area contributed by atoms with E-state index in [1.165, 1.54) is 12.8 Å². The summed E-state index contributed by atoms with van der Waals surface area (Å²) in [7, 11) is 0. The average Bonchev–Trinajstić information content (AvgIpc) is 2.23. The lowest BCUT2D eigenvalue weighted by molar-refractivity contribution is -0.877. The zero-order valence-electron chi connectivity index (χ0n) is 9.96. The molecule has 0 rings (SSSR count). The van der Waals surface area contributed by atoms with E-state index in [2.05, 4.69) is 19.1 Å². The second-order valence-corrected chi connectivity index (χ2v) is 3.82. The Balaban J connectivity index is 3.52. The van der Waals surface area contributed by atoms with Gasteiger partial charge in [0.15, 0.2) is 0 Å². The molecule has 14 heavy (non-hydrogen) atoms. The highest BCUT2D eigenvalue weighted by Crippen LogP contribution is 2.06. The Morgan fingerprint density at radius 3 is 2.07 bits per heavy atom. The van der Waals surface area contributed by atoms with E-state index in [0.717, 1.165) is 19.4 Å². The van der Waals surface area contributed by atoms with Gasteiger partial charge in [0, 0.05) is 6.42 Å². The number of nitrogens with zero attached hydrogens (tertiary/aromatic N) is 1. The van der Waals surface area contributed by atoms with Crippen LogP contribution in [0.3, 0.4) is 0 Å². The normalized spacial score (nSPS) is 12.6. The maximum atomic E-state index is 11.8. The molecule has 0 spiro atoms. The van der Waals surface area contributed by atoms with Crippen LogP contribution in [-0.2, 0) is 0 Å². The number of allylic oxidation sites excluding steroid dienone is 2. The smallest absolute Gasteiger partial charge is 0.0786 e. The largest absolute Gasteiger partial charge is 0.633 e. The standard InChI is InChI=1S/C12H25NO/c1-4-7-8-9-10-11-12-13(14,5-2)6-3/h8-9H,4-7,10-12H2,1-3H3/b9-8+. The van der Waals surface area contributed by atoms with Crippen LogP contribution in [0.25, 0.3) is 0 Å². The van der Waals surface area contributed by atoms with Crippen molar-refractivity contribution in [3.05, 3.63) is 17.4 Å². The van der Waals surface area contributed by atoms with Gasteiger partial charge in [-0.2, -0.15) is 0 Å². The number of quaternary nitrogens is 1. The minimum Gasteiger partial charge on any atom is -0.633 e. The molecule has 0 aliphatic carbocycles. The van der Waals surface area contributed by atoms with Crippen LogP contribution >= 0.6 is 0 Å². The van der Waals surface area contributed by atoms with E-state index in [1.807, 2.05) is 13.8 Å². The fourth-order valence-corrected chi connectivity index (χ4v) is 1.44. The zero-order valence-corrected chi connectivity index (χ0v) is 9.96. The first-order valence-electron chi connectivity index (χ1n) is 5.90. The summed E-state index contributed by atoms with van der Waals surface area (Å²) in [4.78, 5) is 0. The van der Waals surface area contributed by atoms with Gasteiger partial charge in [0.05, 0.1) is 19.6 Å². The van der Waals surface area contributed by atoms with Crippen LogP contribution in [0.2, 0.25) is 0 Å². The Kier molecular flexibility index (Phi) is 7.81. The summed E-state index contributed by atoms with van der Waals surface area (Å²) in [5.74, 6) is 0. The molecule has 0 saturated carbocycles. The highest BCUT2D eigenvalue weighted by atomic mass is 16.5. The van der Waals surface area contributed by atoms with E-state index in [4.69, 9.17) is 0 Å². The molecule has 0 aliphatic heterocycles. The summed E-state index contributed by atoms with van der Waals surface area (Å²) in [6.07, 6.45) is 8.88. The van der Waals surface area contributed by atoms with Crippen molar-refractivity contribution in [1.29, 1.82) is 0 Å². The molecule has 0 aromatic heterocycles. The fraction of sp³-hybridized carbons (Fsp3) is 0.833. The quantitative estimate of drug-likeness (QED) is 0.254. The molecule has 0 saturated heterocycles. The van der Waals surface area contributed by atoms with Gasteiger partial charge in [-0.3, -0.25) is 0 Å². The molecule has 2 heteroatoms. The lowest BCUT2D eigenvalue weighted by atomic mass is 10.2. The molecule has 0 fully saturated rings. The van der Waals surface area contributed by atoms with Gasteiger partial charge in [-0.15, -0.1) is 0 Å². The average molecular weight is 199 g/mol. The van der Waals surface area contributed by atoms with Crippen molar-refractivity contribution >= 4 is 0 Å². The van der Waals surface area contributed by atoms with Gasteiger partial charge in [0.25, 0.3) is 0 Å². The van der Waals surface area contributed by atoms with Crippen LogP contribution in [0, 0.1) is 5.21 Å². The summed E-state index contributed by atoms with van der Waals surface area (Å²) in [6.45, 7) is 8.30. The van der Waals surface area contributed by atoms with Crippen molar-refractivity contribution < 1.29 is 4.65 Å². The van der Waals surface area contributed by atoms with E-state index in [1.54, 1.807) is 0 Å². The molecule has 2 nitrogen and oxygen atoms in total. The monoisotopic (exact) mass is 199 g/mol. The molecule has 0 atom stereocenters. The van der Waals surface area contributed by atoms with Crippen molar-refractivity contribution in [3.8, 4) is 0 Å². The van der Waals surface area contributed by atoms with Crippen molar-refractivity contribution in [2.45, 2.75) is 46.5 Å². The number of rotatable bonds is 8. The first-order valence-corrected chi connectivity index (χ1v) is 5.90. The third kappa shape index (κ3) is 6.17. The Labute approximate surface area is 88.8 Å². The first kappa shape index (κ1) is 13.7. The number of hydroxylamine groups is 3. The van der Waals surface area contributed by atoms with Gasteiger partial charge in [0.1, 0.15) is 0 Å². The molecular formula is C12H25NO. The Hall–Kier alpha value is -0.340. The molecule has 0 aromatic carbocycles. The Morgan fingerprint density at radius 2 is 1.57 bits per heavy atom. The van der Waals surface area contributed by atoms with E-state index < -0.39 is 0 Å². The highest BCUT2D eigenvalue weighted by Gasteiger charge is 2.09. The fourth-order valence-electron chi connectivity index (χ4n) is 1.44. The molecule has 0 N–H and O–H groups in total. The van der Waals surface area contributed by atoms with Crippen LogP contribution in [0.5, 0.6) is 0 Å². The molecule has 0 aliphatic rings.